The molecule has 1 fully saturated rings. The molecule has 1 aromatic rings. The average Bonchev–Trinajstić information content (AvgIpc) is 2.89. The summed E-state index contributed by atoms with van der Waals surface area (Å²) in [6.07, 6.45) is 0.447. The number of alkyl halides is 2. The van der Waals surface area contributed by atoms with Crippen LogP contribution in [0, 0.1) is 5.41 Å². The molecule has 104 valence electrons. The van der Waals surface area contributed by atoms with Crippen LogP contribution in [0.2, 0.25) is 0 Å². The van der Waals surface area contributed by atoms with Gasteiger partial charge < -0.3 is 14.8 Å². The summed E-state index contributed by atoms with van der Waals surface area (Å²) in [5.74, 6) is 0.941. The third kappa shape index (κ3) is 2.47. The van der Waals surface area contributed by atoms with Gasteiger partial charge in [0, 0.05) is 11.8 Å². The monoisotopic (exact) mass is 303 g/mol. The summed E-state index contributed by atoms with van der Waals surface area (Å²) in [6, 6.07) is 5.14. The van der Waals surface area contributed by atoms with Crippen molar-refractivity contribution in [3.63, 3.8) is 0 Å². The van der Waals surface area contributed by atoms with Gasteiger partial charge in [0.2, 0.25) is 5.91 Å². The first-order valence-electron chi connectivity index (χ1n) is 5.75. The molecule has 0 bridgehead atoms. The van der Waals surface area contributed by atoms with Gasteiger partial charge in [-0.2, -0.15) is 0 Å². The Morgan fingerprint density at radius 3 is 2.32 bits per heavy atom. The van der Waals surface area contributed by atoms with Gasteiger partial charge >= 0.3 is 0 Å². The van der Waals surface area contributed by atoms with Crippen LogP contribution >= 0.6 is 23.2 Å². The van der Waals surface area contributed by atoms with Crippen LogP contribution in [-0.2, 0) is 4.79 Å². The van der Waals surface area contributed by atoms with Crippen molar-refractivity contribution >= 4 is 34.8 Å². The molecule has 0 radical (unpaired) electrons. The van der Waals surface area contributed by atoms with Gasteiger partial charge in [-0.3, -0.25) is 4.79 Å². The highest BCUT2D eigenvalue weighted by Crippen LogP contribution is 2.64. The molecule has 1 aliphatic carbocycles. The lowest BCUT2D eigenvalue weighted by Crippen LogP contribution is -2.25. The number of benzene rings is 1. The summed E-state index contributed by atoms with van der Waals surface area (Å²) in [4.78, 5) is 12.1. The number of carbonyl (C=O) groups is 1. The highest BCUT2D eigenvalue weighted by Gasteiger charge is 2.67. The second-order valence-corrected chi connectivity index (χ2v) is 6.22. The molecule has 1 atom stereocenters. The molecule has 19 heavy (non-hydrogen) atoms. The molecule has 1 aliphatic rings. The number of rotatable bonds is 4. The third-order valence-electron chi connectivity index (χ3n) is 3.40. The van der Waals surface area contributed by atoms with Gasteiger partial charge in [0.25, 0.3) is 0 Å². The maximum absolute atomic E-state index is 12.1. The van der Waals surface area contributed by atoms with Crippen molar-refractivity contribution in [2.24, 2.45) is 5.41 Å². The van der Waals surface area contributed by atoms with Crippen LogP contribution in [0.5, 0.6) is 11.5 Å². The van der Waals surface area contributed by atoms with Gasteiger partial charge in [0.05, 0.1) is 19.6 Å². The van der Waals surface area contributed by atoms with Gasteiger partial charge in [0.1, 0.15) is 4.33 Å². The fourth-order valence-electron chi connectivity index (χ4n) is 1.83. The lowest BCUT2D eigenvalue weighted by molar-refractivity contribution is -0.120. The summed E-state index contributed by atoms with van der Waals surface area (Å²) in [7, 11) is 3.09. The van der Waals surface area contributed by atoms with E-state index in [1.165, 1.54) is 7.11 Å². The minimum Gasteiger partial charge on any atom is -0.493 e. The highest BCUT2D eigenvalue weighted by atomic mass is 35.5. The number of hydrogen-bond donors (Lipinski definition) is 1. The van der Waals surface area contributed by atoms with Crippen molar-refractivity contribution in [1.82, 2.24) is 0 Å². The van der Waals surface area contributed by atoms with E-state index in [-0.39, 0.29) is 5.91 Å². The predicted molar refractivity (Wildman–Crippen MR) is 75.3 cm³/mol. The first kappa shape index (κ1) is 14.3. The summed E-state index contributed by atoms with van der Waals surface area (Å²) in [6.45, 7) is 1.74. The molecule has 0 saturated heterocycles. The number of anilines is 1. The number of amides is 1. The molecule has 0 heterocycles. The second kappa shape index (κ2) is 4.76. The zero-order valence-electron chi connectivity index (χ0n) is 10.9. The number of hydrogen-bond acceptors (Lipinski definition) is 3. The van der Waals surface area contributed by atoms with E-state index in [0.717, 1.165) is 0 Å². The maximum Gasteiger partial charge on any atom is 0.233 e. The number of ether oxygens (including phenoxy) is 2. The Balaban J connectivity index is 2.14. The molecule has 4 nitrogen and oxygen atoms in total. The Morgan fingerprint density at radius 2 is 1.84 bits per heavy atom. The summed E-state index contributed by atoms with van der Waals surface area (Å²) in [5.41, 5.74) is -0.136. The Morgan fingerprint density at radius 1 is 1.26 bits per heavy atom. The Bertz CT molecular complexity index is 519. The fourth-order valence-corrected chi connectivity index (χ4v) is 2.54. The Labute approximate surface area is 122 Å². The minimum atomic E-state index is -0.979. The zero-order valence-corrected chi connectivity index (χ0v) is 12.4. The van der Waals surface area contributed by atoms with E-state index in [0.29, 0.717) is 23.6 Å². The molecule has 1 amide bonds. The van der Waals surface area contributed by atoms with Gasteiger partial charge in [-0.25, -0.2) is 0 Å². The molecule has 2 rings (SSSR count). The van der Waals surface area contributed by atoms with Crippen LogP contribution < -0.4 is 14.8 Å². The van der Waals surface area contributed by atoms with Crippen molar-refractivity contribution in [1.29, 1.82) is 0 Å². The summed E-state index contributed by atoms with van der Waals surface area (Å²) in [5, 5.41) is 2.78. The molecule has 0 aliphatic heterocycles. The largest absolute Gasteiger partial charge is 0.493 e. The van der Waals surface area contributed by atoms with E-state index in [2.05, 4.69) is 5.32 Å². The third-order valence-corrected chi connectivity index (χ3v) is 4.50. The van der Waals surface area contributed by atoms with Crippen molar-refractivity contribution in [2.75, 3.05) is 19.5 Å². The fraction of sp³-hybridized carbons (Fsp3) is 0.462. The van der Waals surface area contributed by atoms with Gasteiger partial charge in [-0.05, 0) is 25.5 Å². The van der Waals surface area contributed by atoms with E-state index < -0.39 is 9.75 Å². The molecular weight excluding hydrogens is 289 g/mol. The van der Waals surface area contributed by atoms with Crippen LogP contribution in [0.3, 0.4) is 0 Å². The molecular formula is C13H15Cl2NO3. The number of nitrogens with one attached hydrogen (secondary N) is 1. The van der Waals surface area contributed by atoms with Crippen molar-refractivity contribution in [2.45, 2.75) is 17.7 Å². The van der Waals surface area contributed by atoms with Crippen molar-refractivity contribution < 1.29 is 14.3 Å². The lowest BCUT2D eigenvalue weighted by Gasteiger charge is -2.14. The Kier molecular flexibility index (Phi) is 3.58. The standard InChI is InChI=1S/C13H15Cl2NO3/c1-12(7-13(12,14)15)11(17)16-8-4-5-9(18-2)10(6-8)19-3/h4-6H,7H2,1-3H3,(H,16,17). The van der Waals surface area contributed by atoms with Crippen molar-refractivity contribution in [3.05, 3.63) is 18.2 Å². The normalized spacial score (nSPS) is 23.6. The van der Waals surface area contributed by atoms with Gasteiger partial charge in [-0.15, -0.1) is 23.2 Å². The SMILES string of the molecule is COc1ccc(NC(=O)C2(C)CC2(Cl)Cl)cc1OC. The summed E-state index contributed by atoms with van der Waals surface area (Å²) < 4.78 is 9.32. The van der Waals surface area contributed by atoms with Gasteiger partial charge in [0.15, 0.2) is 11.5 Å². The second-order valence-electron chi connectivity index (χ2n) is 4.74. The van der Waals surface area contributed by atoms with Crippen molar-refractivity contribution in [3.8, 4) is 11.5 Å². The van der Waals surface area contributed by atoms with E-state index in [1.807, 2.05) is 0 Å². The molecule has 0 spiro atoms. The number of halogens is 2. The topological polar surface area (TPSA) is 47.6 Å². The zero-order chi connectivity index (χ0) is 14.3. The summed E-state index contributed by atoms with van der Waals surface area (Å²) >= 11 is 12.0. The smallest absolute Gasteiger partial charge is 0.233 e. The van der Waals surface area contributed by atoms with Gasteiger partial charge in [-0.1, -0.05) is 0 Å². The van der Waals surface area contributed by atoms with Crippen LogP contribution in [0.1, 0.15) is 13.3 Å². The number of methoxy groups -OCH3 is 2. The molecule has 1 aromatic carbocycles. The van der Waals surface area contributed by atoms with Crippen LogP contribution in [-0.4, -0.2) is 24.5 Å². The lowest BCUT2D eigenvalue weighted by atomic mass is 10.1. The predicted octanol–water partition coefficient (Wildman–Crippen LogP) is 3.23. The van der Waals surface area contributed by atoms with E-state index in [9.17, 15) is 4.79 Å². The average molecular weight is 304 g/mol. The Hall–Kier alpha value is -1.13. The molecule has 1 saturated carbocycles. The highest BCUT2D eigenvalue weighted by molar-refractivity contribution is 6.53. The number of carbonyl (C=O) groups excluding carboxylic acids is 1. The van der Waals surface area contributed by atoms with E-state index in [1.54, 1.807) is 32.2 Å². The first-order valence-corrected chi connectivity index (χ1v) is 6.51. The van der Waals surface area contributed by atoms with Crippen LogP contribution in [0.25, 0.3) is 0 Å². The van der Waals surface area contributed by atoms with E-state index >= 15 is 0 Å². The molecule has 1 N–H and O–H groups in total. The quantitative estimate of drug-likeness (QED) is 0.869. The van der Waals surface area contributed by atoms with Crippen LogP contribution in [0.4, 0.5) is 5.69 Å². The van der Waals surface area contributed by atoms with E-state index in [4.69, 9.17) is 32.7 Å². The maximum atomic E-state index is 12.1. The van der Waals surface area contributed by atoms with Crippen LogP contribution in [0.15, 0.2) is 18.2 Å². The molecule has 1 unspecified atom stereocenters. The minimum absolute atomic E-state index is 0.204. The molecule has 0 aromatic heterocycles. The molecule has 6 heteroatoms. The first-order chi connectivity index (χ1) is 8.84.